The van der Waals surface area contributed by atoms with Crippen LogP contribution in [0.4, 0.5) is 4.39 Å². The molecular weight excluding hydrogens is 355 g/mol. The lowest BCUT2D eigenvalue weighted by atomic mass is 10.3. The minimum absolute atomic E-state index is 0.193. The van der Waals surface area contributed by atoms with Crippen LogP contribution in [0.15, 0.2) is 21.4 Å². The molecule has 1 aromatic heterocycles. The van der Waals surface area contributed by atoms with Crippen LogP contribution >= 0.6 is 15.9 Å². The number of imidazole rings is 1. The highest BCUT2D eigenvalue weighted by Gasteiger charge is 2.16. The highest BCUT2D eigenvalue weighted by atomic mass is 79.9. The first-order valence-corrected chi connectivity index (χ1v) is 11.3. The lowest BCUT2D eigenvalue weighted by Gasteiger charge is -2.15. The Morgan fingerprint density at radius 2 is 2.00 bits per heavy atom. The first kappa shape index (κ1) is 16.4. The van der Waals surface area contributed by atoms with Gasteiger partial charge in [0.05, 0.1) is 15.5 Å². The van der Waals surface area contributed by atoms with Gasteiger partial charge in [-0.1, -0.05) is 19.6 Å². The lowest BCUT2D eigenvalue weighted by Crippen LogP contribution is -2.25. The topological polar surface area (TPSA) is 36.2 Å². The molecule has 0 aliphatic carbocycles. The molecule has 1 aromatic carbocycles. The summed E-state index contributed by atoms with van der Waals surface area (Å²) in [6, 6.07) is 4.01. The van der Waals surface area contributed by atoms with E-state index in [0.29, 0.717) is 22.1 Å². The number of aromatic nitrogens is 2. The summed E-state index contributed by atoms with van der Waals surface area (Å²) in [5.74, 6) is -0.380. The minimum Gasteiger partial charge on any atom is -0.361 e. The van der Waals surface area contributed by atoms with Crippen molar-refractivity contribution in [2.45, 2.75) is 32.4 Å². The summed E-state index contributed by atoms with van der Waals surface area (Å²) in [5, 5.41) is 0. The number of benzene rings is 1. The predicted molar refractivity (Wildman–Crippen MR) is 88.9 cm³/mol. The maximum atomic E-state index is 13.6. The lowest BCUT2D eigenvalue weighted by molar-refractivity contribution is 0.0873. The van der Waals surface area contributed by atoms with Gasteiger partial charge in [0, 0.05) is 21.7 Å². The summed E-state index contributed by atoms with van der Waals surface area (Å²) >= 11 is 3.20. The van der Waals surface area contributed by atoms with Crippen molar-refractivity contribution in [3.8, 4) is 0 Å². The summed E-state index contributed by atoms with van der Waals surface area (Å²) in [6.45, 7) is 7.67. The van der Waals surface area contributed by atoms with E-state index >= 15 is 0 Å². The van der Waals surface area contributed by atoms with E-state index in [1.807, 2.05) is 0 Å². The van der Waals surface area contributed by atoms with Gasteiger partial charge in [-0.15, -0.1) is 0 Å². The molecule has 4 nitrogen and oxygen atoms in total. The van der Waals surface area contributed by atoms with Crippen LogP contribution in [-0.2, 0) is 18.5 Å². The molecule has 0 bridgehead atoms. The Morgan fingerprint density at radius 3 is 2.62 bits per heavy atom. The summed E-state index contributed by atoms with van der Waals surface area (Å²) < 4.78 is 22.5. The number of halogens is 2. The molecule has 116 valence electrons. The van der Waals surface area contributed by atoms with Gasteiger partial charge in [0.15, 0.2) is 0 Å². The maximum Gasteiger partial charge on any atom is 0.330 e. The summed E-state index contributed by atoms with van der Waals surface area (Å²) in [7, 11) is 0.484. The standard InChI is InChI=1S/C14H20BrFN2O2Si/c1-17-13-11(6-5-10(16)12(13)15)18(14(17)19)9-20-7-8-21(2,3)4/h5-6H,7-9H2,1-4H3. The SMILES string of the molecule is Cn1c(=O)n(COCC[Si](C)(C)C)c2ccc(F)c(Br)c21. The van der Waals surface area contributed by atoms with Crippen LogP contribution in [-0.4, -0.2) is 23.8 Å². The maximum absolute atomic E-state index is 13.6. The third kappa shape index (κ3) is 3.46. The average molecular weight is 375 g/mol. The third-order valence-electron chi connectivity index (χ3n) is 3.41. The number of ether oxygens (including phenoxy) is 1. The van der Waals surface area contributed by atoms with Crippen LogP contribution in [0.1, 0.15) is 0 Å². The zero-order valence-corrected chi connectivity index (χ0v) is 15.3. The van der Waals surface area contributed by atoms with Gasteiger partial charge in [-0.25, -0.2) is 9.18 Å². The first-order chi connectivity index (χ1) is 9.72. The normalized spacial score (nSPS) is 12.3. The van der Waals surface area contributed by atoms with E-state index in [0.717, 1.165) is 6.04 Å². The highest BCUT2D eigenvalue weighted by Crippen LogP contribution is 2.25. The molecule has 0 N–H and O–H groups in total. The van der Waals surface area contributed by atoms with Crippen molar-refractivity contribution in [2.24, 2.45) is 7.05 Å². The molecule has 7 heteroatoms. The fourth-order valence-corrected chi connectivity index (χ4v) is 3.46. The van der Waals surface area contributed by atoms with Gasteiger partial charge in [-0.2, -0.15) is 0 Å². The van der Waals surface area contributed by atoms with Crippen LogP contribution in [0.25, 0.3) is 11.0 Å². The molecule has 0 unspecified atom stereocenters. The largest absolute Gasteiger partial charge is 0.361 e. The Kier molecular flexibility index (Phi) is 4.75. The molecule has 21 heavy (non-hydrogen) atoms. The van der Waals surface area contributed by atoms with E-state index in [2.05, 4.69) is 35.6 Å². The van der Waals surface area contributed by atoms with Crippen LogP contribution in [0, 0.1) is 5.82 Å². The number of hydrogen-bond acceptors (Lipinski definition) is 2. The first-order valence-electron chi connectivity index (χ1n) is 6.83. The van der Waals surface area contributed by atoms with E-state index in [1.165, 1.54) is 15.2 Å². The third-order valence-corrected chi connectivity index (χ3v) is 5.87. The number of rotatable bonds is 5. The van der Waals surface area contributed by atoms with E-state index in [4.69, 9.17) is 4.74 Å². The minimum atomic E-state index is -1.15. The summed E-state index contributed by atoms with van der Waals surface area (Å²) in [4.78, 5) is 12.3. The highest BCUT2D eigenvalue weighted by molar-refractivity contribution is 9.10. The van der Waals surface area contributed by atoms with Crippen molar-refractivity contribution < 1.29 is 9.13 Å². The van der Waals surface area contributed by atoms with Crippen LogP contribution < -0.4 is 5.69 Å². The second-order valence-electron chi connectivity index (χ2n) is 6.35. The van der Waals surface area contributed by atoms with Gasteiger partial charge >= 0.3 is 5.69 Å². The quantitative estimate of drug-likeness (QED) is 0.592. The van der Waals surface area contributed by atoms with Gasteiger partial charge in [0.2, 0.25) is 0 Å². The fraction of sp³-hybridized carbons (Fsp3) is 0.500. The molecular formula is C14H20BrFN2O2Si. The Labute approximate surface area is 132 Å². The smallest absolute Gasteiger partial charge is 0.330 e. The number of nitrogens with zero attached hydrogens (tertiary/aromatic N) is 2. The van der Waals surface area contributed by atoms with Gasteiger partial charge in [-0.3, -0.25) is 9.13 Å². The van der Waals surface area contributed by atoms with Crippen molar-refractivity contribution in [2.75, 3.05) is 6.61 Å². The second kappa shape index (κ2) is 6.06. The molecule has 0 atom stereocenters. The van der Waals surface area contributed by atoms with Crippen molar-refractivity contribution in [1.82, 2.24) is 9.13 Å². The zero-order chi connectivity index (χ0) is 15.8. The molecule has 0 spiro atoms. The fourth-order valence-electron chi connectivity index (χ4n) is 2.11. The number of hydrogen-bond donors (Lipinski definition) is 0. The number of fused-ring (bicyclic) bond motifs is 1. The molecule has 0 saturated heterocycles. The molecule has 0 aliphatic rings. The van der Waals surface area contributed by atoms with Gasteiger partial charge in [-0.05, 0) is 34.1 Å². The van der Waals surface area contributed by atoms with Crippen LogP contribution in [0.3, 0.4) is 0 Å². The Morgan fingerprint density at radius 1 is 1.33 bits per heavy atom. The van der Waals surface area contributed by atoms with E-state index in [1.54, 1.807) is 13.1 Å². The van der Waals surface area contributed by atoms with Crippen LogP contribution in [0.2, 0.25) is 25.7 Å². The van der Waals surface area contributed by atoms with Crippen molar-refractivity contribution in [1.29, 1.82) is 0 Å². The molecule has 0 amide bonds. The Balaban J connectivity index is 2.27. The van der Waals surface area contributed by atoms with E-state index < -0.39 is 8.07 Å². The average Bonchev–Trinajstić information content (AvgIpc) is 2.62. The molecule has 2 aromatic rings. The molecule has 0 fully saturated rings. The second-order valence-corrected chi connectivity index (χ2v) is 12.8. The van der Waals surface area contributed by atoms with Crippen molar-refractivity contribution in [3.63, 3.8) is 0 Å². The molecule has 2 rings (SSSR count). The monoisotopic (exact) mass is 374 g/mol. The Bertz CT molecular complexity index is 718. The Hall–Kier alpha value is -0.923. The number of aryl methyl sites for hydroxylation is 1. The zero-order valence-electron chi connectivity index (χ0n) is 12.7. The van der Waals surface area contributed by atoms with Gasteiger partial charge < -0.3 is 4.74 Å². The van der Waals surface area contributed by atoms with E-state index in [-0.39, 0.29) is 18.2 Å². The molecule has 0 aliphatic heterocycles. The summed E-state index contributed by atoms with van der Waals surface area (Å²) in [6.07, 6.45) is 0. The predicted octanol–water partition coefficient (Wildman–Crippen LogP) is 3.55. The molecule has 1 heterocycles. The van der Waals surface area contributed by atoms with Crippen LogP contribution in [0.5, 0.6) is 0 Å². The van der Waals surface area contributed by atoms with Gasteiger partial charge in [0.25, 0.3) is 0 Å². The molecule has 0 saturated carbocycles. The van der Waals surface area contributed by atoms with Crippen molar-refractivity contribution in [3.05, 3.63) is 32.9 Å². The van der Waals surface area contributed by atoms with Gasteiger partial charge in [0.1, 0.15) is 12.5 Å². The molecule has 0 radical (unpaired) electrons. The van der Waals surface area contributed by atoms with E-state index in [9.17, 15) is 9.18 Å². The van der Waals surface area contributed by atoms with Crippen molar-refractivity contribution >= 4 is 35.0 Å². The summed E-state index contributed by atoms with van der Waals surface area (Å²) in [5.41, 5.74) is 1.02.